The van der Waals surface area contributed by atoms with E-state index in [1.165, 1.54) is 0 Å². The van der Waals surface area contributed by atoms with E-state index in [-0.39, 0.29) is 12.5 Å². The van der Waals surface area contributed by atoms with Crippen LogP contribution in [0, 0.1) is 0 Å². The van der Waals surface area contributed by atoms with Crippen LogP contribution in [0.5, 0.6) is 11.5 Å². The number of ether oxygens (including phenoxy) is 2. The molecular formula is C16H18N2O3. The molecule has 21 heavy (non-hydrogen) atoms. The normalized spacial score (nSPS) is 10.0. The lowest BCUT2D eigenvalue weighted by molar-refractivity contribution is -0.132. The Labute approximate surface area is 124 Å². The zero-order valence-electron chi connectivity index (χ0n) is 12.2. The van der Waals surface area contributed by atoms with Crippen molar-refractivity contribution in [1.82, 2.24) is 9.88 Å². The summed E-state index contributed by atoms with van der Waals surface area (Å²) in [5.41, 5.74) is 0.981. The second kappa shape index (κ2) is 7.28. The summed E-state index contributed by atoms with van der Waals surface area (Å²) < 4.78 is 10.6. The first-order valence-corrected chi connectivity index (χ1v) is 6.59. The highest BCUT2D eigenvalue weighted by molar-refractivity contribution is 5.77. The van der Waals surface area contributed by atoms with Gasteiger partial charge in [-0.05, 0) is 23.8 Å². The topological polar surface area (TPSA) is 51.7 Å². The molecule has 0 spiro atoms. The Hall–Kier alpha value is -2.56. The van der Waals surface area contributed by atoms with E-state index in [1.807, 2.05) is 24.3 Å². The van der Waals surface area contributed by atoms with E-state index in [0.717, 1.165) is 5.56 Å². The smallest absolute Gasteiger partial charge is 0.260 e. The molecule has 5 heteroatoms. The minimum atomic E-state index is -0.0957. The van der Waals surface area contributed by atoms with Crippen LogP contribution in [-0.4, -0.2) is 36.6 Å². The maximum atomic E-state index is 12.0. The first kappa shape index (κ1) is 14.8. The monoisotopic (exact) mass is 286 g/mol. The van der Waals surface area contributed by atoms with Gasteiger partial charge in [-0.25, -0.2) is 0 Å². The number of benzene rings is 1. The average molecular weight is 286 g/mol. The number of nitrogens with zero attached hydrogens (tertiary/aromatic N) is 2. The van der Waals surface area contributed by atoms with Gasteiger partial charge in [0, 0.05) is 32.1 Å². The molecule has 1 aromatic heterocycles. The van der Waals surface area contributed by atoms with E-state index in [0.29, 0.717) is 18.0 Å². The second-order valence-electron chi connectivity index (χ2n) is 4.58. The van der Waals surface area contributed by atoms with Gasteiger partial charge in [-0.3, -0.25) is 9.78 Å². The fraction of sp³-hybridized carbons (Fsp3) is 0.250. The number of methoxy groups -OCH3 is 1. The molecule has 0 bridgehead atoms. The Bertz CT molecular complexity index is 587. The van der Waals surface area contributed by atoms with Gasteiger partial charge in [-0.1, -0.05) is 12.1 Å². The lowest BCUT2D eigenvalue weighted by Gasteiger charge is -2.17. The van der Waals surface area contributed by atoms with Crippen molar-refractivity contribution in [2.75, 3.05) is 20.8 Å². The summed E-state index contributed by atoms with van der Waals surface area (Å²) in [6.07, 6.45) is 3.45. The Morgan fingerprint density at radius 3 is 2.76 bits per heavy atom. The fourth-order valence-electron chi connectivity index (χ4n) is 1.80. The highest BCUT2D eigenvalue weighted by Crippen LogP contribution is 2.18. The third-order valence-electron chi connectivity index (χ3n) is 2.97. The van der Waals surface area contributed by atoms with Gasteiger partial charge in [-0.2, -0.15) is 0 Å². The third-order valence-corrected chi connectivity index (χ3v) is 2.97. The zero-order valence-corrected chi connectivity index (χ0v) is 12.2. The molecular weight excluding hydrogens is 268 g/mol. The Morgan fingerprint density at radius 2 is 2.05 bits per heavy atom. The van der Waals surface area contributed by atoms with Crippen molar-refractivity contribution in [2.45, 2.75) is 6.54 Å². The molecule has 0 saturated carbocycles. The quantitative estimate of drug-likeness (QED) is 0.816. The van der Waals surface area contributed by atoms with E-state index in [9.17, 15) is 4.79 Å². The maximum Gasteiger partial charge on any atom is 0.260 e. The molecule has 0 aliphatic rings. The molecule has 0 radical (unpaired) electrons. The lowest BCUT2D eigenvalue weighted by atomic mass is 10.3. The van der Waals surface area contributed by atoms with Crippen LogP contribution in [0.25, 0.3) is 0 Å². The molecule has 0 aliphatic heterocycles. The van der Waals surface area contributed by atoms with E-state index >= 15 is 0 Å². The fourth-order valence-corrected chi connectivity index (χ4v) is 1.80. The van der Waals surface area contributed by atoms with Crippen molar-refractivity contribution in [3.8, 4) is 11.5 Å². The molecule has 5 nitrogen and oxygen atoms in total. The molecule has 1 heterocycles. The van der Waals surface area contributed by atoms with Crippen LogP contribution in [0.2, 0.25) is 0 Å². The van der Waals surface area contributed by atoms with Gasteiger partial charge < -0.3 is 14.4 Å². The number of rotatable bonds is 6. The van der Waals surface area contributed by atoms with Crippen LogP contribution in [0.15, 0.2) is 48.8 Å². The summed E-state index contributed by atoms with van der Waals surface area (Å²) in [6, 6.07) is 11.0. The van der Waals surface area contributed by atoms with Crippen LogP contribution >= 0.6 is 0 Å². The van der Waals surface area contributed by atoms with Gasteiger partial charge in [0.2, 0.25) is 0 Å². The molecule has 0 atom stereocenters. The van der Waals surface area contributed by atoms with E-state index in [1.54, 1.807) is 43.6 Å². The minimum Gasteiger partial charge on any atom is -0.497 e. The van der Waals surface area contributed by atoms with Crippen molar-refractivity contribution < 1.29 is 14.3 Å². The number of aromatic nitrogens is 1. The van der Waals surface area contributed by atoms with Gasteiger partial charge in [0.15, 0.2) is 6.61 Å². The first-order chi connectivity index (χ1) is 10.2. The molecule has 1 amide bonds. The molecule has 0 aliphatic carbocycles. The molecule has 2 aromatic rings. The van der Waals surface area contributed by atoms with Gasteiger partial charge >= 0.3 is 0 Å². The Morgan fingerprint density at radius 1 is 1.24 bits per heavy atom. The highest BCUT2D eigenvalue weighted by atomic mass is 16.5. The van der Waals surface area contributed by atoms with Gasteiger partial charge in [0.25, 0.3) is 5.91 Å². The molecule has 110 valence electrons. The summed E-state index contributed by atoms with van der Waals surface area (Å²) >= 11 is 0. The van der Waals surface area contributed by atoms with Crippen molar-refractivity contribution in [2.24, 2.45) is 0 Å². The number of hydrogen-bond donors (Lipinski definition) is 0. The number of hydrogen-bond acceptors (Lipinski definition) is 4. The zero-order chi connectivity index (χ0) is 15.1. The summed E-state index contributed by atoms with van der Waals surface area (Å²) in [4.78, 5) is 17.7. The molecule has 0 saturated heterocycles. The first-order valence-electron chi connectivity index (χ1n) is 6.59. The van der Waals surface area contributed by atoms with Gasteiger partial charge in [0.05, 0.1) is 7.11 Å². The largest absolute Gasteiger partial charge is 0.497 e. The Balaban J connectivity index is 1.86. The minimum absolute atomic E-state index is 0.00999. The van der Waals surface area contributed by atoms with Crippen LogP contribution in [-0.2, 0) is 11.3 Å². The number of pyridine rings is 1. The summed E-state index contributed by atoms with van der Waals surface area (Å²) in [6.45, 7) is 0.498. The van der Waals surface area contributed by atoms with Crippen molar-refractivity contribution >= 4 is 5.91 Å². The number of amides is 1. The number of carbonyl (C=O) groups is 1. The molecule has 2 rings (SSSR count). The Kier molecular flexibility index (Phi) is 5.15. The van der Waals surface area contributed by atoms with E-state index < -0.39 is 0 Å². The SMILES string of the molecule is COc1cccc(OCC(=O)N(C)Cc2cccnc2)c1. The molecule has 1 aromatic carbocycles. The van der Waals surface area contributed by atoms with Crippen molar-refractivity contribution in [3.05, 3.63) is 54.4 Å². The third kappa shape index (κ3) is 4.49. The standard InChI is InChI=1S/C16H18N2O3/c1-18(11-13-5-4-8-17-10-13)16(19)12-21-15-7-3-6-14(9-15)20-2/h3-10H,11-12H2,1-2H3. The molecule has 0 fully saturated rings. The van der Waals surface area contributed by atoms with Crippen LogP contribution in [0.1, 0.15) is 5.56 Å². The number of likely N-dealkylation sites (N-methyl/N-ethyl adjacent to an activating group) is 1. The summed E-state index contributed by atoms with van der Waals surface area (Å²) in [5.74, 6) is 1.21. The summed E-state index contributed by atoms with van der Waals surface area (Å²) in [7, 11) is 3.33. The van der Waals surface area contributed by atoms with Gasteiger partial charge in [0.1, 0.15) is 11.5 Å². The van der Waals surface area contributed by atoms with E-state index in [2.05, 4.69) is 4.98 Å². The predicted molar refractivity (Wildman–Crippen MR) is 79.2 cm³/mol. The van der Waals surface area contributed by atoms with Crippen LogP contribution < -0.4 is 9.47 Å². The van der Waals surface area contributed by atoms with E-state index in [4.69, 9.17) is 9.47 Å². The predicted octanol–water partition coefficient (Wildman–Crippen LogP) is 2.13. The number of carbonyl (C=O) groups excluding carboxylic acids is 1. The average Bonchev–Trinajstić information content (AvgIpc) is 2.53. The van der Waals surface area contributed by atoms with Crippen molar-refractivity contribution in [3.63, 3.8) is 0 Å². The van der Waals surface area contributed by atoms with Crippen molar-refractivity contribution in [1.29, 1.82) is 0 Å². The highest BCUT2D eigenvalue weighted by Gasteiger charge is 2.10. The summed E-state index contributed by atoms with van der Waals surface area (Å²) in [5, 5.41) is 0. The molecule has 0 N–H and O–H groups in total. The second-order valence-corrected chi connectivity index (χ2v) is 4.58. The van der Waals surface area contributed by atoms with Crippen LogP contribution in [0.3, 0.4) is 0 Å². The lowest BCUT2D eigenvalue weighted by Crippen LogP contribution is -2.30. The van der Waals surface area contributed by atoms with Gasteiger partial charge in [-0.15, -0.1) is 0 Å². The molecule has 0 unspecified atom stereocenters. The maximum absolute atomic E-state index is 12.0. The van der Waals surface area contributed by atoms with Crippen LogP contribution in [0.4, 0.5) is 0 Å².